The molecular formula is C19H13FN4O2. The van der Waals surface area contributed by atoms with E-state index in [1.54, 1.807) is 18.2 Å². The molecule has 1 aliphatic rings. The van der Waals surface area contributed by atoms with Gasteiger partial charge in [-0.05, 0) is 35.9 Å². The third-order valence-electron chi connectivity index (χ3n) is 4.06. The van der Waals surface area contributed by atoms with Gasteiger partial charge in [0.2, 0.25) is 0 Å². The number of nitrogens with one attached hydrogen (secondary N) is 1. The van der Waals surface area contributed by atoms with Crippen molar-refractivity contribution in [3.63, 3.8) is 0 Å². The Morgan fingerprint density at radius 1 is 1.00 bits per heavy atom. The molecule has 0 fully saturated rings. The van der Waals surface area contributed by atoms with Crippen molar-refractivity contribution in [1.82, 2.24) is 15.1 Å². The van der Waals surface area contributed by atoms with Crippen molar-refractivity contribution in [2.24, 2.45) is 0 Å². The second kappa shape index (κ2) is 5.96. The number of benzene rings is 2. The van der Waals surface area contributed by atoms with Crippen LogP contribution in [0.2, 0.25) is 0 Å². The summed E-state index contributed by atoms with van der Waals surface area (Å²) < 4.78 is 14.5. The van der Waals surface area contributed by atoms with Crippen LogP contribution in [0.4, 0.5) is 10.2 Å². The van der Waals surface area contributed by atoms with E-state index in [2.05, 4.69) is 10.4 Å². The van der Waals surface area contributed by atoms with Crippen LogP contribution in [0.25, 0.3) is 17.3 Å². The van der Waals surface area contributed by atoms with Crippen LogP contribution in [0, 0.1) is 5.82 Å². The molecule has 3 N–H and O–H groups in total. The number of carbonyl (C=O) groups is 2. The number of anilines is 1. The third-order valence-corrected chi connectivity index (χ3v) is 4.06. The van der Waals surface area contributed by atoms with Gasteiger partial charge in [-0.2, -0.15) is 5.10 Å². The molecule has 2 heterocycles. The Kier molecular flexibility index (Phi) is 3.62. The molecule has 1 aromatic heterocycles. The highest BCUT2D eigenvalue weighted by molar-refractivity contribution is 6.34. The molecule has 0 aliphatic carbocycles. The van der Waals surface area contributed by atoms with Crippen LogP contribution in [0.15, 0.2) is 54.6 Å². The Morgan fingerprint density at radius 3 is 2.38 bits per heavy atom. The number of hydrogen-bond acceptors (Lipinski definition) is 4. The van der Waals surface area contributed by atoms with Crippen LogP contribution in [-0.4, -0.2) is 21.6 Å². The summed E-state index contributed by atoms with van der Waals surface area (Å²) >= 11 is 0. The molecule has 0 spiro atoms. The van der Waals surface area contributed by atoms with Gasteiger partial charge >= 0.3 is 0 Å². The Hall–Kier alpha value is -3.74. The number of nitrogens with two attached hydrogens (primary N) is 1. The molecule has 0 unspecified atom stereocenters. The number of aromatic nitrogens is 2. The number of hydrogen-bond donors (Lipinski definition) is 2. The highest BCUT2D eigenvalue weighted by atomic mass is 19.1. The fourth-order valence-corrected chi connectivity index (χ4v) is 2.81. The first-order valence-corrected chi connectivity index (χ1v) is 7.82. The SMILES string of the molecule is Nc1c2c(nn1-c1ccccc1)/C(=C\c1ccc(F)cc1)C(=O)NC2=O. The molecule has 7 heteroatoms. The van der Waals surface area contributed by atoms with Crippen molar-refractivity contribution >= 4 is 29.3 Å². The normalized spacial score (nSPS) is 15.0. The van der Waals surface area contributed by atoms with E-state index in [4.69, 9.17) is 5.73 Å². The van der Waals surface area contributed by atoms with Crippen LogP contribution in [0.3, 0.4) is 0 Å². The van der Waals surface area contributed by atoms with Gasteiger partial charge in [-0.1, -0.05) is 30.3 Å². The van der Waals surface area contributed by atoms with Gasteiger partial charge < -0.3 is 5.73 Å². The summed E-state index contributed by atoms with van der Waals surface area (Å²) in [5.41, 5.74) is 7.91. The highest BCUT2D eigenvalue weighted by Gasteiger charge is 2.34. The van der Waals surface area contributed by atoms with E-state index in [0.29, 0.717) is 11.3 Å². The van der Waals surface area contributed by atoms with Crippen LogP contribution in [0.1, 0.15) is 21.6 Å². The van der Waals surface area contributed by atoms with Crippen LogP contribution in [-0.2, 0) is 4.79 Å². The van der Waals surface area contributed by atoms with E-state index in [0.717, 1.165) is 0 Å². The average molecular weight is 348 g/mol. The largest absolute Gasteiger partial charge is 0.383 e. The molecule has 0 bridgehead atoms. The fraction of sp³-hybridized carbons (Fsp3) is 0. The monoisotopic (exact) mass is 348 g/mol. The summed E-state index contributed by atoms with van der Waals surface area (Å²) in [5.74, 6) is -1.42. The number of rotatable bonds is 2. The minimum atomic E-state index is -0.596. The lowest BCUT2D eigenvalue weighted by molar-refractivity contribution is -0.114. The number of amides is 2. The zero-order valence-electron chi connectivity index (χ0n) is 13.4. The van der Waals surface area contributed by atoms with Crippen molar-refractivity contribution in [3.8, 4) is 5.69 Å². The molecule has 0 atom stereocenters. The number of nitrogen functional groups attached to an aromatic ring is 1. The average Bonchev–Trinajstić information content (AvgIpc) is 2.99. The van der Waals surface area contributed by atoms with Crippen LogP contribution >= 0.6 is 0 Å². The van der Waals surface area contributed by atoms with Gasteiger partial charge in [0.05, 0.1) is 11.3 Å². The molecule has 26 heavy (non-hydrogen) atoms. The van der Waals surface area contributed by atoms with Crippen molar-refractivity contribution in [2.75, 3.05) is 5.73 Å². The summed E-state index contributed by atoms with van der Waals surface area (Å²) in [4.78, 5) is 24.6. The van der Waals surface area contributed by atoms with Crippen LogP contribution in [0.5, 0.6) is 0 Å². The van der Waals surface area contributed by atoms with Crippen molar-refractivity contribution in [1.29, 1.82) is 0 Å². The van der Waals surface area contributed by atoms with Gasteiger partial charge in [-0.3, -0.25) is 14.9 Å². The molecular weight excluding hydrogens is 335 g/mol. The molecule has 0 saturated heterocycles. The second-order valence-electron chi connectivity index (χ2n) is 5.75. The minimum absolute atomic E-state index is 0.140. The number of carbonyl (C=O) groups excluding carboxylic acids is 2. The zero-order valence-corrected chi connectivity index (χ0v) is 13.4. The first kappa shape index (κ1) is 15.8. The quantitative estimate of drug-likeness (QED) is 0.550. The Balaban J connectivity index is 1.90. The lowest BCUT2D eigenvalue weighted by atomic mass is 10.00. The van der Waals surface area contributed by atoms with Gasteiger partial charge in [-0.25, -0.2) is 9.07 Å². The minimum Gasteiger partial charge on any atom is -0.383 e. The van der Waals surface area contributed by atoms with E-state index in [-0.39, 0.29) is 28.5 Å². The number of halogens is 1. The molecule has 0 saturated carbocycles. The van der Waals surface area contributed by atoms with Crippen molar-refractivity contribution < 1.29 is 14.0 Å². The lowest BCUT2D eigenvalue weighted by Gasteiger charge is -2.13. The Bertz CT molecular complexity index is 1050. The first-order valence-electron chi connectivity index (χ1n) is 7.82. The molecule has 0 radical (unpaired) electrons. The summed E-state index contributed by atoms with van der Waals surface area (Å²) in [6.45, 7) is 0. The van der Waals surface area contributed by atoms with Crippen molar-refractivity contribution in [2.45, 2.75) is 0 Å². The molecule has 6 nitrogen and oxygen atoms in total. The van der Waals surface area contributed by atoms with Crippen molar-refractivity contribution in [3.05, 3.63) is 77.2 Å². The maximum atomic E-state index is 13.1. The molecule has 3 aromatic rings. The zero-order chi connectivity index (χ0) is 18.3. The third kappa shape index (κ3) is 2.55. The molecule has 4 rings (SSSR count). The first-order chi connectivity index (χ1) is 12.5. The van der Waals surface area contributed by atoms with Gasteiger partial charge in [0.25, 0.3) is 11.8 Å². The predicted octanol–water partition coefficient (Wildman–Crippen LogP) is 2.40. The summed E-state index contributed by atoms with van der Waals surface area (Å²) in [7, 11) is 0. The standard InChI is InChI=1S/C19H13FN4O2/c20-12-8-6-11(7-9-12)10-14-16-15(19(26)22-18(14)25)17(21)24(23-16)13-4-2-1-3-5-13/h1-10H,21H2,(H,22,25,26)/b14-10+. The van der Waals surface area contributed by atoms with E-state index < -0.39 is 11.8 Å². The van der Waals surface area contributed by atoms with E-state index in [9.17, 15) is 14.0 Å². The number of para-hydroxylation sites is 1. The van der Waals surface area contributed by atoms with Crippen LogP contribution < -0.4 is 11.1 Å². The van der Waals surface area contributed by atoms with Gasteiger partial charge in [0, 0.05) is 0 Å². The highest BCUT2D eigenvalue weighted by Crippen LogP contribution is 2.30. The molecule has 1 aliphatic heterocycles. The van der Waals surface area contributed by atoms with E-state index >= 15 is 0 Å². The summed E-state index contributed by atoms with van der Waals surface area (Å²) in [5, 5.41) is 6.65. The Morgan fingerprint density at radius 2 is 1.69 bits per heavy atom. The lowest BCUT2D eigenvalue weighted by Crippen LogP contribution is -2.36. The summed E-state index contributed by atoms with van der Waals surface area (Å²) in [6, 6.07) is 14.7. The van der Waals surface area contributed by atoms with E-state index in [1.807, 2.05) is 18.2 Å². The molecule has 128 valence electrons. The van der Waals surface area contributed by atoms with Gasteiger partial charge in [0.15, 0.2) is 0 Å². The second-order valence-corrected chi connectivity index (χ2v) is 5.75. The smallest absolute Gasteiger partial charge is 0.264 e. The number of nitrogens with zero attached hydrogens (tertiary/aromatic N) is 2. The molecule has 2 aromatic carbocycles. The maximum absolute atomic E-state index is 13.1. The summed E-state index contributed by atoms with van der Waals surface area (Å²) in [6.07, 6.45) is 1.54. The number of fused-ring (bicyclic) bond motifs is 1. The van der Waals surface area contributed by atoms with E-state index in [1.165, 1.54) is 28.9 Å². The Labute approximate surface area is 147 Å². The maximum Gasteiger partial charge on any atom is 0.264 e. The number of imide groups is 1. The molecule has 2 amide bonds. The van der Waals surface area contributed by atoms with Gasteiger partial charge in [-0.15, -0.1) is 0 Å². The topological polar surface area (TPSA) is 90.0 Å². The predicted molar refractivity (Wildman–Crippen MR) is 94.7 cm³/mol. The fourth-order valence-electron chi connectivity index (χ4n) is 2.81. The van der Waals surface area contributed by atoms with Gasteiger partial charge in [0.1, 0.15) is 22.9 Å².